The van der Waals surface area contributed by atoms with E-state index in [9.17, 15) is 14.0 Å². The maximum absolute atomic E-state index is 13.2. The Hall–Kier alpha value is -2.60. The van der Waals surface area contributed by atoms with Crippen molar-refractivity contribution >= 4 is 23.5 Å². The van der Waals surface area contributed by atoms with E-state index in [1.165, 1.54) is 17.0 Å². The molecule has 7 heteroatoms. The van der Waals surface area contributed by atoms with Crippen LogP contribution in [0.15, 0.2) is 42.5 Å². The van der Waals surface area contributed by atoms with Crippen LogP contribution in [0, 0.1) is 12.7 Å². The minimum atomic E-state index is -0.411. The molecule has 5 nitrogen and oxygen atoms in total. The molecule has 0 spiro atoms. The van der Waals surface area contributed by atoms with Gasteiger partial charge in [-0.05, 0) is 36.6 Å². The van der Waals surface area contributed by atoms with Crippen molar-refractivity contribution in [1.29, 1.82) is 0 Å². The first-order chi connectivity index (χ1) is 13.4. The van der Waals surface area contributed by atoms with Crippen molar-refractivity contribution in [1.82, 2.24) is 15.1 Å². The zero-order valence-corrected chi connectivity index (χ0v) is 16.5. The van der Waals surface area contributed by atoms with E-state index < -0.39 is 5.82 Å². The largest absolute Gasteiger partial charge is 0.350 e. The van der Waals surface area contributed by atoms with E-state index in [1.807, 2.05) is 31.2 Å². The summed E-state index contributed by atoms with van der Waals surface area (Å²) in [5.41, 5.74) is 2.86. The van der Waals surface area contributed by atoms with Crippen LogP contribution in [-0.4, -0.2) is 41.4 Å². The minimum Gasteiger partial charge on any atom is -0.350 e. The Kier molecular flexibility index (Phi) is 6.52. The number of benzene rings is 2. The second-order valence-electron chi connectivity index (χ2n) is 6.98. The number of hydrogen-bond acceptors (Lipinski definition) is 2. The molecule has 148 valence electrons. The average molecular weight is 404 g/mol. The molecule has 0 bridgehead atoms. The molecule has 0 atom stereocenters. The van der Waals surface area contributed by atoms with Crippen LogP contribution in [0.5, 0.6) is 0 Å². The van der Waals surface area contributed by atoms with E-state index in [4.69, 9.17) is 11.6 Å². The third kappa shape index (κ3) is 5.23. The highest BCUT2D eigenvalue weighted by Gasteiger charge is 2.27. The SMILES string of the molecule is Cc1ccc(CNC(=O)CN2CCCN(Cc3ccc(F)cc3Cl)C2=O)cc1. The van der Waals surface area contributed by atoms with Crippen LogP contribution in [0.1, 0.15) is 23.1 Å². The number of aryl methyl sites for hydroxylation is 1. The molecule has 2 aromatic rings. The molecule has 2 aromatic carbocycles. The monoisotopic (exact) mass is 403 g/mol. The number of nitrogens with one attached hydrogen (secondary N) is 1. The van der Waals surface area contributed by atoms with Crippen LogP contribution in [-0.2, 0) is 17.9 Å². The average Bonchev–Trinajstić information content (AvgIpc) is 2.66. The summed E-state index contributed by atoms with van der Waals surface area (Å²) in [6, 6.07) is 11.9. The molecule has 1 saturated heterocycles. The maximum Gasteiger partial charge on any atom is 0.320 e. The van der Waals surface area contributed by atoms with Crippen molar-refractivity contribution in [2.75, 3.05) is 19.6 Å². The molecular formula is C21H23ClFN3O2. The van der Waals surface area contributed by atoms with Crippen molar-refractivity contribution < 1.29 is 14.0 Å². The standard InChI is InChI=1S/C21H23ClFN3O2/c1-15-3-5-16(6-4-15)12-24-20(27)14-26-10-2-9-25(21(26)28)13-17-7-8-18(23)11-19(17)22/h3-8,11H,2,9-10,12-14H2,1H3,(H,24,27). The van der Waals surface area contributed by atoms with Gasteiger partial charge in [0.2, 0.25) is 5.91 Å². The van der Waals surface area contributed by atoms with E-state index in [0.29, 0.717) is 36.8 Å². The fourth-order valence-corrected chi connectivity index (χ4v) is 3.36. The molecule has 0 saturated carbocycles. The first kappa shape index (κ1) is 20.1. The Bertz CT molecular complexity index is 857. The van der Waals surface area contributed by atoms with Crippen LogP contribution in [0.2, 0.25) is 5.02 Å². The molecule has 3 amide bonds. The number of urea groups is 1. The lowest BCUT2D eigenvalue weighted by atomic mass is 10.1. The van der Waals surface area contributed by atoms with Crippen LogP contribution >= 0.6 is 11.6 Å². The Labute approximate surface area is 169 Å². The maximum atomic E-state index is 13.2. The summed E-state index contributed by atoms with van der Waals surface area (Å²) in [5, 5.41) is 3.14. The third-order valence-corrected chi connectivity index (χ3v) is 5.07. The van der Waals surface area contributed by atoms with E-state index in [0.717, 1.165) is 17.5 Å². The smallest absolute Gasteiger partial charge is 0.320 e. The highest BCUT2D eigenvalue weighted by atomic mass is 35.5. The van der Waals surface area contributed by atoms with Gasteiger partial charge in [0.15, 0.2) is 0 Å². The van der Waals surface area contributed by atoms with Crippen molar-refractivity contribution in [3.05, 3.63) is 70.0 Å². The summed E-state index contributed by atoms with van der Waals surface area (Å²) >= 11 is 6.07. The molecule has 28 heavy (non-hydrogen) atoms. The fourth-order valence-electron chi connectivity index (χ4n) is 3.13. The normalized spacial score (nSPS) is 14.3. The molecule has 1 aliphatic rings. The Morgan fingerprint density at radius 1 is 1.14 bits per heavy atom. The molecule has 1 fully saturated rings. The second-order valence-corrected chi connectivity index (χ2v) is 7.38. The summed E-state index contributed by atoms with van der Waals surface area (Å²) < 4.78 is 13.2. The molecule has 1 N–H and O–H groups in total. The van der Waals surface area contributed by atoms with Gasteiger partial charge in [-0.25, -0.2) is 9.18 Å². The first-order valence-corrected chi connectivity index (χ1v) is 9.60. The summed E-state index contributed by atoms with van der Waals surface area (Å²) in [4.78, 5) is 28.1. The van der Waals surface area contributed by atoms with E-state index >= 15 is 0 Å². The quantitative estimate of drug-likeness (QED) is 0.799. The predicted molar refractivity (Wildman–Crippen MR) is 106 cm³/mol. The number of carbonyl (C=O) groups is 2. The van der Waals surface area contributed by atoms with Crippen molar-refractivity contribution in [2.45, 2.75) is 26.4 Å². The second kappa shape index (κ2) is 9.06. The molecule has 0 unspecified atom stereocenters. The van der Waals surface area contributed by atoms with Crippen LogP contribution < -0.4 is 5.32 Å². The van der Waals surface area contributed by atoms with Gasteiger partial charge >= 0.3 is 6.03 Å². The summed E-state index contributed by atoms with van der Waals surface area (Å²) in [6.45, 7) is 3.85. The molecule has 1 aliphatic heterocycles. The van der Waals surface area contributed by atoms with Crippen LogP contribution in [0.4, 0.5) is 9.18 Å². The van der Waals surface area contributed by atoms with Crippen molar-refractivity contribution in [3.8, 4) is 0 Å². The third-order valence-electron chi connectivity index (χ3n) is 4.72. The number of carbonyl (C=O) groups excluding carboxylic acids is 2. The molecule has 0 aromatic heterocycles. The van der Waals surface area contributed by atoms with E-state index in [1.54, 1.807) is 11.0 Å². The van der Waals surface area contributed by atoms with Gasteiger partial charge in [-0.15, -0.1) is 0 Å². The lowest BCUT2D eigenvalue weighted by Gasteiger charge is -2.35. The van der Waals surface area contributed by atoms with Gasteiger partial charge in [0, 0.05) is 31.2 Å². The zero-order valence-electron chi connectivity index (χ0n) is 15.8. The number of rotatable bonds is 6. The van der Waals surface area contributed by atoms with Gasteiger partial charge in [-0.2, -0.15) is 0 Å². The number of halogens is 2. The highest BCUT2D eigenvalue weighted by molar-refractivity contribution is 6.31. The molecular weight excluding hydrogens is 381 g/mol. The molecule has 1 heterocycles. The van der Waals surface area contributed by atoms with Gasteiger partial charge in [0.05, 0.1) is 0 Å². The Morgan fingerprint density at radius 2 is 1.86 bits per heavy atom. The van der Waals surface area contributed by atoms with Crippen molar-refractivity contribution in [2.24, 2.45) is 0 Å². The number of nitrogens with zero attached hydrogens (tertiary/aromatic N) is 2. The van der Waals surface area contributed by atoms with Gasteiger partial charge < -0.3 is 15.1 Å². The Morgan fingerprint density at radius 3 is 2.57 bits per heavy atom. The molecule has 3 rings (SSSR count). The van der Waals surface area contributed by atoms with E-state index in [-0.39, 0.29) is 18.5 Å². The summed E-state index contributed by atoms with van der Waals surface area (Å²) in [6.07, 6.45) is 0.760. The van der Waals surface area contributed by atoms with Gasteiger partial charge in [-0.1, -0.05) is 47.5 Å². The van der Waals surface area contributed by atoms with Crippen LogP contribution in [0.25, 0.3) is 0 Å². The lowest BCUT2D eigenvalue weighted by molar-refractivity contribution is -0.122. The predicted octanol–water partition coefficient (Wildman–Crippen LogP) is 3.73. The van der Waals surface area contributed by atoms with Crippen molar-refractivity contribution in [3.63, 3.8) is 0 Å². The topological polar surface area (TPSA) is 52.7 Å². The number of amides is 3. The lowest BCUT2D eigenvalue weighted by Crippen LogP contribution is -2.51. The van der Waals surface area contributed by atoms with Gasteiger partial charge in [0.1, 0.15) is 12.4 Å². The summed E-state index contributed by atoms with van der Waals surface area (Å²) in [5.74, 6) is -0.610. The minimum absolute atomic E-state index is 0.0122. The molecule has 0 aliphatic carbocycles. The van der Waals surface area contributed by atoms with Crippen LogP contribution in [0.3, 0.4) is 0 Å². The van der Waals surface area contributed by atoms with Gasteiger partial charge in [-0.3, -0.25) is 4.79 Å². The fraction of sp³-hybridized carbons (Fsp3) is 0.333. The first-order valence-electron chi connectivity index (χ1n) is 9.22. The van der Waals surface area contributed by atoms with E-state index in [2.05, 4.69) is 5.32 Å². The number of hydrogen-bond donors (Lipinski definition) is 1. The van der Waals surface area contributed by atoms with Gasteiger partial charge in [0.25, 0.3) is 0 Å². The molecule has 0 radical (unpaired) electrons. The highest BCUT2D eigenvalue weighted by Crippen LogP contribution is 2.21. The summed E-state index contributed by atoms with van der Waals surface area (Å²) in [7, 11) is 0. The zero-order chi connectivity index (χ0) is 20.1. The Balaban J connectivity index is 1.54.